The molecule has 1 aliphatic heterocycles. The summed E-state index contributed by atoms with van der Waals surface area (Å²) in [5.74, 6) is 0. The van der Waals surface area contributed by atoms with Gasteiger partial charge in [0.2, 0.25) is 0 Å². The van der Waals surface area contributed by atoms with E-state index >= 15 is 0 Å². The normalized spacial score (nSPS) is 17.6. The maximum Gasteiger partial charge on any atom is 0.175 e. The van der Waals surface area contributed by atoms with Gasteiger partial charge in [-0.2, -0.15) is 4.68 Å². The van der Waals surface area contributed by atoms with Gasteiger partial charge in [-0.3, -0.25) is 0 Å². The molecular formula is C11H15N4+. The molecule has 2 heterocycles. The van der Waals surface area contributed by atoms with Crippen molar-refractivity contribution in [1.29, 1.82) is 0 Å². The summed E-state index contributed by atoms with van der Waals surface area (Å²) in [6.07, 6.45) is 2.70. The number of likely N-dealkylation sites (tertiary alicyclic amines) is 1. The average Bonchev–Trinajstić information content (AvgIpc) is 2.89. The van der Waals surface area contributed by atoms with E-state index in [0.717, 1.165) is 17.7 Å². The summed E-state index contributed by atoms with van der Waals surface area (Å²) in [4.78, 5) is 1.62. The summed E-state index contributed by atoms with van der Waals surface area (Å²) in [7, 11) is 0. The zero-order chi connectivity index (χ0) is 10.1. The predicted octanol–water partition coefficient (Wildman–Crippen LogP) is 0.0675. The molecule has 0 unspecified atom stereocenters. The van der Waals surface area contributed by atoms with Crippen LogP contribution in [0.3, 0.4) is 0 Å². The Morgan fingerprint density at radius 1 is 1.20 bits per heavy atom. The molecule has 1 aromatic heterocycles. The number of hydrogen-bond acceptors (Lipinski definition) is 2. The molecule has 0 radical (unpaired) electrons. The highest BCUT2D eigenvalue weighted by atomic mass is 15.5. The highest BCUT2D eigenvalue weighted by Gasteiger charge is 2.16. The third-order valence-corrected chi connectivity index (χ3v) is 3.10. The van der Waals surface area contributed by atoms with Crippen LogP contribution in [0.5, 0.6) is 0 Å². The van der Waals surface area contributed by atoms with Crippen molar-refractivity contribution >= 4 is 11.0 Å². The molecule has 78 valence electrons. The van der Waals surface area contributed by atoms with E-state index in [0.29, 0.717) is 0 Å². The molecule has 0 saturated carbocycles. The van der Waals surface area contributed by atoms with Crippen molar-refractivity contribution in [2.75, 3.05) is 13.1 Å². The van der Waals surface area contributed by atoms with E-state index in [1.165, 1.54) is 25.9 Å². The molecule has 15 heavy (non-hydrogen) atoms. The zero-order valence-corrected chi connectivity index (χ0v) is 8.69. The van der Waals surface area contributed by atoms with Crippen LogP contribution in [-0.4, -0.2) is 28.1 Å². The van der Waals surface area contributed by atoms with Gasteiger partial charge in [0.25, 0.3) is 0 Å². The molecular weight excluding hydrogens is 188 g/mol. The lowest BCUT2D eigenvalue weighted by molar-refractivity contribution is -0.911. The van der Waals surface area contributed by atoms with Gasteiger partial charge in [-0.1, -0.05) is 17.3 Å². The van der Waals surface area contributed by atoms with Gasteiger partial charge in [0, 0.05) is 12.8 Å². The number of hydrogen-bond donors (Lipinski definition) is 1. The fraction of sp³-hybridized carbons (Fsp3) is 0.455. The van der Waals surface area contributed by atoms with E-state index in [1.54, 1.807) is 4.90 Å². The van der Waals surface area contributed by atoms with Crippen LogP contribution in [0.2, 0.25) is 0 Å². The average molecular weight is 203 g/mol. The summed E-state index contributed by atoms with van der Waals surface area (Å²) in [6.45, 7) is 3.50. The van der Waals surface area contributed by atoms with Crippen molar-refractivity contribution in [3.8, 4) is 0 Å². The topological polar surface area (TPSA) is 35.1 Å². The second-order valence-corrected chi connectivity index (χ2v) is 4.19. The third-order valence-electron chi connectivity index (χ3n) is 3.10. The number of rotatable bonds is 2. The molecule has 1 saturated heterocycles. The monoisotopic (exact) mass is 203 g/mol. The van der Waals surface area contributed by atoms with Gasteiger partial charge in [-0.05, 0) is 12.1 Å². The molecule has 0 spiro atoms. The largest absolute Gasteiger partial charge is 0.316 e. The van der Waals surface area contributed by atoms with Crippen molar-refractivity contribution in [1.82, 2.24) is 15.0 Å². The van der Waals surface area contributed by atoms with E-state index < -0.39 is 0 Å². The molecule has 2 aromatic rings. The summed E-state index contributed by atoms with van der Waals surface area (Å²) in [5, 5.41) is 8.36. The van der Waals surface area contributed by atoms with Crippen molar-refractivity contribution in [2.45, 2.75) is 19.5 Å². The highest BCUT2D eigenvalue weighted by molar-refractivity contribution is 5.73. The van der Waals surface area contributed by atoms with Crippen molar-refractivity contribution in [3.05, 3.63) is 24.3 Å². The molecule has 0 atom stereocenters. The summed E-state index contributed by atoms with van der Waals surface area (Å²) in [6, 6.07) is 8.15. The molecule has 3 rings (SSSR count). The fourth-order valence-corrected chi connectivity index (χ4v) is 2.28. The first-order valence-corrected chi connectivity index (χ1v) is 5.55. The lowest BCUT2D eigenvalue weighted by Crippen LogP contribution is -3.09. The number of nitrogens with one attached hydrogen (secondary N) is 1. The van der Waals surface area contributed by atoms with Crippen molar-refractivity contribution in [3.63, 3.8) is 0 Å². The number of aromatic nitrogens is 3. The number of benzene rings is 1. The molecule has 1 aliphatic rings. The summed E-state index contributed by atoms with van der Waals surface area (Å²) >= 11 is 0. The van der Waals surface area contributed by atoms with Gasteiger partial charge in [0.1, 0.15) is 5.52 Å². The Kier molecular flexibility index (Phi) is 2.14. The minimum Gasteiger partial charge on any atom is -0.316 e. The quantitative estimate of drug-likeness (QED) is 0.749. The lowest BCUT2D eigenvalue weighted by atomic mass is 10.3. The molecule has 4 nitrogen and oxygen atoms in total. The van der Waals surface area contributed by atoms with Crippen LogP contribution in [0.1, 0.15) is 12.8 Å². The first kappa shape index (κ1) is 8.85. The molecule has 1 N–H and O–H groups in total. The van der Waals surface area contributed by atoms with E-state index in [1.807, 2.05) is 22.9 Å². The molecule has 0 aliphatic carbocycles. The first-order valence-electron chi connectivity index (χ1n) is 5.55. The smallest absolute Gasteiger partial charge is 0.175 e. The second kappa shape index (κ2) is 3.62. The van der Waals surface area contributed by atoms with E-state index in [2.05, 4.69) is 16.4 Å². The van der Waals surface area contributed by atoms with E-state index in [-0.39, 0.29) is 0 Å². The van der Waals surface area contributed by atoms with Gasteiger partial charge < -0.3 is 4.90 Å². The molecule has 0 bridgehead atoms. The second-order valence-electron chi connectivity index (χ2n) is 4.19. The minimum absolute atomic E-state index is 0.959. The molecule has 1 fully saturated rings. The summed E-state index contributed by atoms with van der Waals surface area (Å²) < 4.78 is 2.02. The Balaban J connectivity index is 1.90. The van der Waals surface area contributed by atoms with Crippen LogP contribution in [0.4, 0.5) is 0 Å². The molecule has 1 aromatic carbocycles. The van der Waals surface area contributed by atoms with Gasteiger partial charge in [-0.25, -0.2) is 0 Å². The Hall–Kier alpha value is -1.42. The minimum atomic E-state index is 0.959. The first-order chi connectivity index (χ1) is 7.43. The predicted molar refractivity (Wildman–Crippen MR) is 57.5 cm³/mol. The number of fused-ring (bicyclic) bond motifs is 1. The maximum absolute atomic E-state index is 4.20. The molecule has 0 amide bonds. The third kappa shape index (κ3) is 1.61. The van der Waals surface area contributed by atoms with Crippen LogP contribution < -0.4 is 4.90 Å². The Morgan fingerprint density at radius 2 is 2.00 bits per heavy atom. The van der Waals surface area contributed by atoms with Crippen molar-refractivity contribution < 1.29 is 4.90 Å². The molecule has 4 heteroatoms. The Labute approximate surface area is 88.5 Å². The SMILES string of the molecule is c1ccc2c(c1)nnn2C[NH+]1CCCC1. The standard InChI is InChI=1S/C11H14N4/c1-2-6-11-10(5-1)12-13-15(11)9-14-7-3-4-8-14/h1-2,5-6H,3-4,7-9H2/p+1. The van der Waals surface area contributed by atoms with Gasteiger partial charge in [0.15, 0.2) is 6.67 Å². The van der Waals surface area contributed by atoms with Crippen LogP contribution >= 0.6 is 0 Å². The van der Waals surface area contributed by atoms with Crippen LogP contribution in [-0.2, 0) is 6.67 Å². The van der Waals surface area contributed by atoms with Gasteiger partial charge in [0.05, 0.1) is 18.6 Å². The van der Waals surface area contributed by atoms with Gasteiger partial charge >= 0.3 is 0 Å². The summed E-state index contributed by atoms with van der Waals surface area (Å²) in [5.41, 5.74) is 2.15. The highest BCUT2D eigenvalue weighted by Crippen LogP contribution is 2.08. The van der Waals surface area contributed by atoms with Gasteiger partial charge in [-0.15, -0.1) is 5.10 Å². The number of quaternary nitrogens is 1. The lowest BCUT2D eigenvalue weighted by Gasteiger charge is -2.11. The van der Waals surface area contributed by atoms with Crippen LogP contribution in [0, 0.1) is 0 Å². The zero-order valence-electron chi connectivity index (χ0n) is 8.69. The van der Waals surface area contributed by atoms with Crippen LogP contribution in [0.15, 0.2) is 24.3 Å². The van der Waals surface area contributed by atoms with Crippen LogP contribution in [0.25, 0.3) is 11.0 Å². The van der Waals surface area contributed by atoms with E-state index in [9.17, 15) is 0 Å². The Bertz CT molecular complexity index is 456. The van der Waals surface area contributed by atoms with Crippen molar-refractivity contribution in [2.24, 2.45) is 0 Å². The number of para-hydroxylation sites is 1. The fourth-order valence-electron chi connectivity index (χ4n) is 2.28. The van der Waals surface area contributed by atoms with E-state index in [4.69, 9.17) is 0 Å². The Morgan fingerprint density at radius 3 is 2.87 bits per heavy atom. The maximum atomic E-state index is 4.20. The number of nitrogens with zero attached hydrogens (tertiary/aromatic N) is 3.